The molecule has 2 aromatic rings. The molecule has 0 unspecified atom stereocenters. The van der Waals surface area contributed by atoms with Gasteiger partial charge >= 0.3 is 0 Å². The fourth-order valence-electron chi connectivity index (χ4n) is 3.49. The van der Waals surface area contributed by atoms with Gasteiger partial charge in [0.25, 0.3) is 0 Å². The molecule has 0 saturated heterocycles. The van der Waals surface area contributed by atoms with E-state index in [1.165, 1.54) is 16.7 Å². The van der Waals surface area contributed by atoms with Crippen molar-refractivity contribution in [2.45, 2.75) is 53.4 Å². The second-order valence-electron chi connectivity index (χ2n) is 9.48. The minimum absolute atomic E-state index is 0.0202. The van der Waals surface area contributed by atoms with Gasteiger partial charge in [0, 0.05) is 25.3 Å². The number of anilines is 1. The highest BCUT2D eigenvalue weighted by Gasteiger charge is 2.03. The van der Waals surface area contributed by atoms with Gasteiger partial charge in [0.15, 0.2) is 5.78 Å². The van der Waals surface area contributed by atoms with Crippen molar-refractivity contribution >= 4 is 17.5 Å². The Labute approximate surface area is 212 Å². The van der Waals surface area contributed by atoms with Crippen molar-refractivity contribution in [2.24, 2.45) is 0 Å². The molecule has 0 aliphatic heterocycles. The first-order chi connectivity index (χ1) is 16.7. The third kappa shape index (κ3) is 11.1. The summed E-state index contributed by atoms with van der Waals surface area (Å²) >= 11 is 0. The van der Waals surface area contributed by atoms with E-state index in [4.69, 9.17) is 4.74 Å². The Morgan fingerprint density at radius 1 is 0.800 bits per heavy atom. The first-order valence-electron chi connectivity index (χ1n) is 12.4. The molecule has 0 heterocycles. The number of carbonyl (C=O) groups is 1. The molecule has 0 spiro atoms. The van der Waals surface area contributed by atoms with Crippen LogP contribution >= 0.6 is 0 Å². The van der Waals surface area contributed by atoms with Gasteiger partial charge in [0.05, 0.1) is 0 Å². The van der Waals surface area contributed by atoms with Crippen LogP contribution < -0.4 is 9.64 Å². The average Bonchev–Trinajstić information content (AvgIpc) is 2.83. The molecule has 0 radical (unpaired) electrons. The number of benzene rings is 2. The summed E-state index contributed by atoms with van der Waals surface area (Å²) in [4.78, 5) is 14.5. The van der Waals surface area contributed by atoms with Crippen LogP contribution in [0, 0.1) is 0 Å². The second kappa shape index (κ2) is 14.8. The van der Waals surface area contributed by atoms with E-state index in [2.05, 4.69) is 45.9 Å². The third-order valence-corrected chi connectivity index (χ3v) is 5.78. The van der Waals surface area contributed by atoms with E-state index in [-0.39, 0.29) is 5.78 Å². The molecule has 2 rings (SSSR count). The molecule has 0 saturated carbocycles. The summed E-state index contributed by atoms with van der Waals surface area (Å²) in [6.45, 7) is 9.19. The molecule has 0 atom stereocenters. The van der Waals surface area contributed by atoms with Crippen LogP contribution in [0.3, 0.4) is 0 Å². The molecule has 0 fully saturated rings. The SMILES string of the molecule is CC(C)=CCC/C(C)=C/CC/C(C)=C/COc1ccc(C(=O)/C=C/c2ccc(N(C)C)cc2)cc1. The van der Waals surface area contributed by atoms with Crippen LogP contribution in [0.1, 0.15) is 69.3 Å². The molecule has 3 nitrogen and oxygen atoms in total. The zero-order chi connectivity index (χ0) is 25.6. The molecule has 0 N–H and O–H groups in total. The van der Waals surface area contributed by atoms with Crippen molar-refractivity contribution in [3.8, 4) is 5.75 Å². The number of carbonyl (C=O) groups excluding carboxylic acids is 1. The van der Waals surface area contributed by atoms with Crippen LogP contribution in [0.2, 0.25) is 0 Å². The third-order valence-electron chi connectivity index (χ3n) is 5.78. The Bertz CT molecular complexity index is 1050. The molecule has 0 bridgehead atoms. The summed E-state index contributed by atoms with van der Waals surface area (Å²) in [6, 6.07) is 15.4. The van der Waals surface area contributed by atoms with Crippen LogP contribution in [-0.2, 0) is 0 Å². The molecule has 0 aromatic heterocycles. The van der Waals surface area contributed by atoms with Crippen LogP contribution in [0.5, 0.6) is 5.75 Å². The molecule has 186 valence electrons. The Kier molecular flexibility index (Phi) is 11.8. The zero-order valence-corrected chi connectivity index (χ0v) is 22.3. The van der Waals surface area contributed by atoms with E-state index < -0.39 is 0 Å². The molecular weight excluding hydrogens is 430 g/mol. The number of hydrogen-bond acceptors (Lipinski definition) is 3. The van der Waals surface area contributed by atoms with Gasteiger partial charge in [-0.3, -0.25) is 4.79 Å². The molecule has 0 amide bonds. The summed E-state index contributed by atoms with van der Waals surface area (Å²) in [6.07, 6.45) is 14.6. The first kappa shape index (κ1) is 27.9. The van der Waals surface area contributed by atoms with Crippen LogP contribution in [0.15, 0.2) is 89.6 Å². The summed E-state index contributed by atoms with van der Waals surface area (Å²) in [5.41, 5.74) is 6.95. The van der Waals surface area contributed by atoms with E-state index in [1.54, 1.807) is 6.08 Å². The van der Waals surface area contributed by atoms with Crippen molar-refractivity contribution < 1.29 is 9.53 Å². The summed E-state index contributed by atoms with van der Waals surface area (Å²) in [5, 5.41) is 0. The maximum atomic E-state index is 12.5. The van der Waals surface area contributed by atoms with Crippen LogP contribution in [0.25, 0.3) is 6.08 Å². The highest BCUT2D eigenvalue weighted by atomic mass is 16.5. The molecule has 0 aliphatic carbocycles. The van der Waals surface area contributed by atoms with Crippen molar-refractivity contribution in [1.29, 1.82) is 0 Å². The first-order valence-corrected chi connectivity index (χ1v) is 12.4. The Hall–Kier alpha value is -3.33. The quantitative estimate of drug-likeness (QED) is 0.167. The van der Waals surface area contributed by atoms with Gasteiger partial charge < -0.3 is 9.64 Å². The molecule has 3 heteroatoms. The molecular formula is C32H41NO2. The Balaban J connectivity index is 1.77. The molecule has 0 aliphatic rings. The van der Waals surface area contributed by atoms with E-state index in [0.29, 0.717) is 12.2 Å². The minimum Gasteiger partial charge on any atom is -0.490 e. The lowest BCUT2D eigenvalue weighted by Crippen LogP contribution is -2.07. The zero-order valence-electron chi connectivity index (χ0n) is 22.3. The van der Waals surface area contributed by atoms with Gasteiger partial charge in [-0.05, 0) is 107 Å². The van der Waals surface area contributed by atoms with Gasteiger partial charge in [-0.2, -0.15) is 0 Å². The number of nitrogens with zero attached hydrogens (tertiary/aromatic N) is 1. The predicted molar refractivity (Wildman–Crippen MR) is 151 cm³/mol. The smallest absolute Gasteiger partial charge is 0.185 e. The maximum Gasteiger partial charge on any atom is 0.185 e. The average molecular weight is 472 g/mol. The summed E-state index contributed by atoms with van der Waals surface area (Å²) in [7, 11) is 4.02. The maximum absolute atomic E-state index is 12.5. The number of ketones is 1. The number of ether oxygens (including phenoxy) is 1. The normalized spacial score (nSPS) is 12.1. The number of allylic oxidation sites excluding steroid dienone is 6. The van der Waals surface area contributed by atoms with E-state index >= 15 is 0 Å². The van der Waals surface area contributed by atoms with Gasteiger partial charge in [-0.15, -0.1) is 0 Å². The Morgan fingerprint density at radius 2 is 1.40 bits per heavy atom. The van der Waals surface area contributed by atoms with Crippen molar-refractivity contribution in [1.82, 2.24) is 0 Å². The fraction of sp³-hybridized carbons (Fsp3) is 0.344. The van der Waals surface area contributed by atoms with E-state index in [0.717, 1.165) is 42.7 Å². The van der Waals surface area contributed by atoms with Gasteiger partial charge in [-0.25, -0.2) is 0 Å². The summed E-state index contributed by atoms with van der Waals surface area (Å²) in [5.74, 6) is 0.747. The monoisotopic (exact) mass is 471 g/mol. The highest BCUT2D eigenvalue weighted by Crippen LogP contribution is 2.16. The molecule has 35 heavy (non-hydrogen) atoms. The van der Waals surface area contributed by atoms with Crippen molar-refractivity contribution in [3.63, 3.8) is 0 Å². The van der Waals surface area contributed by atoms with Crippen LogP contribution in [-0.4, -0.2) is 26.5 Å². The van der Waals surface area contributed by atoms with Gasteiger partial charge in [0.1, 0.15) is 12.4 Å². The van der Waals surface area contributed by atoms with Crippen molar-refractivity contribution in [3.05, 3.63) is 101 Å². The lowest BCUT2D eigenvalue weighted by atomic mass is 10.1. The lowest BCUT2D eigenvalue weighted by Gasteiger charge is -2.11. The predicted octanol–water partition coefficient (Wildman–Crippen LogP) is 8.45. The van der Waals surface area contributed by atoms with Crippen LogP contribution in [0.4, 0.5) is 5.69 Å². The standard InChI is InChI=1S/C32H41NO2/c1-25(2)9-7-10-26(3)11-8-12-27(4)23-24-35-31-20-16-29(17-21-31)32(34)22-15-28-13-18-30(19-14-28)33(5)6/h9,11,13-23H,7-8,10,12,24H2,1-6H3/b22-15+,26-11+,27-23+. The van der Waals surface area contributed by atoms with E-state index in [1.807, 2.05) is 73.6 Å². The largest absolute Gasteiger partial charge is 0.490 e. The van der Waals surface area contributed by atoms with E-state index in [9.17, 15) is 4.79 Å². The minimum atomic E-state index is -0.0202. The number of hydrogen-bond donors (Lipinski definition) is 0. The number of rotatable bonds is 13. The summed E-state index contributed by atoms with van der Waals surface area (Å²) < 4.78 is 5.84. The lowest BCUT2D eigenvalue weighted by molar-refractivity contribution is 0.104. The highest BCUT2D eigenvalue weighted by molar-refractivity contribution is 6.06. The molecule has 2 aromatic carbocycles. The Morgan fingerprint density at radius 3 is 2.00 bits per heavy atom. The van der Waals surface area contributed by atoms with Crippen molar-refractivity contribution in [2.75, 3.05) is 25.6 Å². The topological polar surface area (TPSA) is 29.5 Å². The van der Waals surface area contributed by atoms with Gasteiger partial charge in [-0.1, -0.05) is 47.1 Å². The second-order valence-corrected chi connectivity index (χ2v) is 9.48. The van der Waals surface area contributed by atoms with Gasteiger partial charge in [0.2, 0.25) is 0 Å². The fourth-order valence-corrected chi connectivity index (χ4v) is 3.49.